The van der Waals surface area contributed by atoms with Gasteiger partial charge in [0.25, 0.3) is 0 Å². The molecule has 0 saturated carbocycles. The lowest BCUT2D eigenvalue weighted by atomic mass is 9.99. The van der Waals surface area contributed by atoms with Crippen LogP contribution in [0.15, 0.2) is 0 Å². The lowest BCUT2D eigenvalue weighted by Gasteiger charge is -2.18. The van der Waals surface area contributed by atoms with Crippen molar-refractivity contribution < 1.29 is 28.6 Å². The molecule has 69 heavy (non-hydrogen) atoms. The van der Waals surface area contributed by atoms with Gasteiger partial charge < -0.3 is 14.2 Å². The summed E-state index contributed by atoms with van der Waals surface area (Å²) in [5.74, 6) is 0.0811. The van der Waals surface area contributed by atoms with Crippen LogP contribution in [-0.4, -0.2) is 37.2 Å². The van der Waals surface area contributed by atoms with Crippen molar-refractivity contribution in [3.8, 4) is 0 Å². The molecule has 0 amide bonds. The Morgan fingerprint density at radius 3 is 0.754 bits per heavy atom. The fourth-order valence-corrected chi connectivity index (χ4v) is 9.78. The molecule has 0 aromatic heterocycles. The van der Waals surface area contributed by atoms with Crippen molar-refractivity contribution in [2.24, 2.45) is 5.92 Å². The van der Waals surface area contributed by atoms with Crippen LogP contribution >= 0.6 is 0 Å². The van der Waals surface area contributed by atoms with Crippen molar-refractivity contribution in [3.05, 3.63) is 0 Å². The molecule has 0 rings (SSSR count). The molecule has 0 spiro atoms. The molecule has 0 aromatic rings. The molecule has 0 aromatic carbocycles. The molecule has 1 unspecified atom stereocenters. The largest absolute Gasteiger partial charge is 0.462 e. The molecule has 410 valence electrons. The van der Waals surface area contributed by atoms with Gasteiger partial charge in [0.05, 0.1) is 0 Å². The van der Waals surface area contributed by atoms with Crippen LogP contribution in [0.3, 0.4) is 0 Å². The van der Waals surface area contributed by atoms with Crippen LogP contribution in [0.25, 0.3) is 0 Å². The molecule has 0 aliphatic heterocycles. The molecular formula is C63H122O6. The fourth-order valence-electron chi connectivity index (χ4n) is 9.78. The summed E-state index contributed by atoms with van der Waals surface area (Å²) in [6, 6.07) is 0. The topological polar surface area (TPSA) is 78.9 Å². The Morgan fingerprint density at radius 2 is 0.507 bits per heavy atom. The zero-order valence-corrected chi connectivity index (χ0v) is 47.3. The highest BCUT2D eigenvalue weighted by Crippen LogP contribution is 2.19. The molecule has 0 fully saturated rings. The minimum atomic E-state index is -0.762. The lowest BCUT2D eigenvalue weighted by molar-refractivity contribution is -0.167. The van der Waals surface area contributed by atoms with E-state index >= 15 is 0 Å². The van der Waals surface area contributed by atoms with Crippen LogP contribution in [0.1, 0.15) is 362 Å². The SMILES string of the molecule is CCCCCCCCCCCCCCCCCC(=O)OC[C@H](COC(=O)CCCCCCCCCCCCCCCCCCCCC(C)CC)OC(=O)CCCCCCCCCCCCCCCC. The summed E-state index contributed by atoms with van der Waals surface area (Å²) in [6.07, 6.45) is 63.8. The number of hydrogen-bond donors (Lipinski definition) is 0. The fraction of sp³-hybridized carbons (Fsp3) is 0.952. The Morgan fingerprint density at radius 1 is 0.290 bits per heavy atom. The summed E-state index contributed by atoms with van der Waals surface area (Å²) in [5, 5.41) is 0. The summed E-state index contributed by atoms with van der Waals surface area (Å²) in [6.45, 7) is 9.12. The Bertz CT molecular complexity index is 1040. The Balaban J connectivity index is 4.23. The highest BCUT2D eigenvalue weighted by molar-refractivity contribution is 5.71. The third kappa shape index (κ3) is 55.6. The van der Waals surface area contributed by atoms with Gasteiger partial charge in [0.2, 0.25) is 0 Å². The van der Waals surface area contributed by atoms with Crippen LogP contribution in [-0.2, 0) is 28.6 Å². The second kappa shape index (κ2) is 57.3. The molecule has 6 heteroatoms. The molecule has 2 atom stereocenters. The maximum Gasteiger partial charge on any atom is 0.306 e. The van der Waals surface area contributed by atoms with E-state index in [1.165, 1.54) is 257 Å². The number of hydrogen-bond acceptors (Lipinski definition) is 6. The van der Waals surface area contributed by atoms with Crippen LogP contribution in [0.2, 0.25) is 0 Å². The standard InChI is InChI=1S/C63H122O6/c1-5-8-10-12-14-16-18-20-26-31-34-38-42-46-50-54-61(64)67-57-60(69-63(66)56-52-48-44-40-36-30-21-19-17-15-13-11-9-6-2)58-68-62(65)55-51-47-43-39-35-32-28-25-23-22-24-27-29-33-37-41-45-49-53-59(4)7-3/h59-60H,5-58H2,1-4H3/t59?,60-/m1/s1. The monoisotopic (exact) mass is 975 g/mol. The third-order valence-corrected chi connectivity index (χ3v) is 14.9. The first-order valence-corrected chi connectivity index (χ1v) is 31.4. The number of esters is 3. The van der Waals surface area contributed by atoms with Gasteiger partial charge in [-0.3, -0.25) is 14.4 Å². The summed E-state index contributed by atoms with van der Waals surface area (Å²) in [5.41, 5.74) is 0. The molecule has 0 N–H and O–H groups in total. The average molecular weight is 976 g/mol. The van der Waals surface area contributed by atoms with Crippen molar-refractivity contribution in [1.29, 1.82) is 0 Å². The average Bonchev–Trinajstić information content (AvgIpc) is 3.35. The maximum absolute atomic E-state index is 12.9. The highest BCUT2D eigenvalue weighted by Gasteiger charge is 2.19. The van der Waals surface area contributed by atoms with E-state index in [0.717, 1.165) is 63.7 Å². The molecule has 0 saturated heterocycles. The molecule has 0 heterocycles. The number of rotatable bonds is 58. The van der Waals surface area contributed by atoms with Crippen molar-refractivity contribution in [1.82, 2.24) is 0 Å². The second-order valence-electron chi connectivity index (χ2n) is 21.9. The van der Waals surface area contributed by atoms with Crippen molar-refractivity contribution in [2.75, 3.05) is 13.2 Å². The van der Waals surface area contributed by atoms with Crippen LogP contribution in [0.4, 0.5) is 0 Å². The molecule has 0 radical (unpaired) electrons. The van der Waals surface area contributed by atoms with Gasteiger partial charge in [-0.1, -0.05) is 323 Å². The Labute approximate surface area is 431 Å². The molecule has 0 aliphatic carbocycles. The van der Waals surface area contributed by atoms with E-state index in [2.05, 4.69) is 27.7 Å². The van der Waals surface area contributed by atoms with Gasteiger partial charge in [-0.05, 0) is 25.2 Å². The van der Waals surface area contributed by atoms with Gasteiger partial charge in [0.1, 0.15) is 13.2 Å². The van der Waals surface area contributed by atoms with E-state index in [4.69, 9.17) is 14.2 Å². The first-order valence-electron chi connectivity index (χ1n) is 31.4. The zero-order chi connectivity index (χ0) is 50.2. The smallest absolute Gasteiger partial charge is 0.306 e. The van der Waals surface area contributed by atoms with Crippen molar-refractivity contribution in [2.45, 2.75) is 368 Å². The number of carbonyl (C=O) groups excluding carboxylic acids is 3. The zero-order valence-electron chi connectivity index (χ0n) is 47.3. The first kappa shape index (κ1) is 67.4. The van der Waals surface area contributed by atoms with E-state index in [0.29, 0.717) is 19.3 Å². The molecule has 0 aliphatic rings. The van der Waals surface area contributed by atoms with Gasteiger partial charge in [-0.15, -0.1) is 0 Å². The van der Waals surface area contributed by atoms with Gasteiger partial charge in [0, 0.05) is 19.3 Å². The third-order valence-electron chi connectivity index (χ3n) is 14.9. The maximum atomic E-state index is 12.9. The Hall–Kier alpha value is -1.59. The summed E-state index contributed by atoms with van der Waals surface area (Å²) in [4.78, 5) is 38.2. The van der Waals surface area contributed by atoms with Crippen LogP contribution in [0, 0.1) is 5.92 Å². The highest BCUT2D eigenvalue weighted by atomic mass is 16.6. The van der Waals surface area contributed by atoms with Crippen LogP contribution < -0.4 is 0 Å². The summed E-state index contributed by atoms with van der Waals surface area (Å²) in [7, 11) is 0. The van der Waals surface area contributed by atoms with E-state index in [-0.39, 0.29) is 31.1 Å². The summed E-state index contributed by atoms with van der Waals surface area (Å²) >= 11 is 0. The van der Waals surface area contributed by atoms with E-state index in [9.17, 15) is 14.4 Å². The quantitative estimate of drug-likeness (QED) is 0.0343. The van der Waals surface area contributed by atoms with E-state index < -0.39 is 6.10 Å². The van der Waals surface area contributed by atoms with Gasteiger partial charge >= 0.3 is 17.9 Å². The van der Waals surface area contributed by atoms with Crippen LogP contribution in [0.5, 0.6) is 0 Å². The van der Waals surface area contributed by atoms with Gasteiger partial charge in [-0.2, -0.15) is 0 Å². The summed E-state index contributed by atoms with van der Waals surface area (Å²) < 4.78 is 16.9. The second-order valence-corrected chi connectivity index (χ2v) is 21.9. The molecule has 0 bridgehead atoms. The van der Waals surface area contributed by atoms with Gasteiger partial charge in [0.15, 0.2) is 6.10 Å². The molecule has 6 nitrogen and oxygen atoms in total. The minimum Gasteiger partial charge on any atom is -0.462 e. The number of carbonyl (C=O) groups is 3. The van der Waals surface area contributed by atoms with Gasteiger partial charge in [-0.25, -0.2) is 0 Å². The number of ether oxygens (including phenoxy) is 3. The first-order chi connectivity index (χ1) is 33.9. The van der Waals surface area contributed by atoms with Crippen molar-refractivity contribution >= 4 is 17.9 Å². The normalized spacial score (nSPS) is 12.3. The Kier molecular flexibility index (Phi) is 56.0. The van der Waals surface area contributed by atoms with Crippen molar-refractivity contribution in [3.63, 3.8) is 0 Å². The predicted octanol–water partition coefficient (Wildman–Crippen LogP) is 21.0. The predicted molar refractivity (Wildman–Crippen MR) is 298 cm³/mol. The molecular weight excluding hydrogens is 853 g/mol. The lowest BCUT2D eigenvalue weighted by Crippen LogP contribution is -2.30. The van der Waals surface area contributed by atoms with E-state index in [1.807, 2.05) is 0 Å². The van der Waals surface area contributed by atoms with E-state index in [1.54, 1.807) is 0 Å². The minimum absolute atomic E-state index is 0.0612. The number of unbranched alkanes of at least 4 members (excludes halogenated alkanes) is 44.